The number of ether oxygens (including phenoxy) is 2. The van der Waals surface area contributed by atoms with Gasteiger partial charge in [-0.2, -0.15) is 0 Å². The number of benzene rings is 1. The van der Waals surface area contributed by atoms with Crippen molar-refractivity contribution < 1.29 is 14.3 Å². The molecule has 4 nitrogen and oxygen atoms in total. The van der Waals surface area contributed by atoms with E-state index in [9.17, 15) is 4.79 Å². The Kier molecular flexibility index (Phi) is 7.96. The number of hydrogen-bond donors (Lipinski definition) is 0. The molecule has 0 aliphatic carbocycles. The fourth-order valence-corrected chi connectivity index (χ4v) is 2.14. The Morgan fingerprint density at radius 1 is 1.09 bits per heavy atom. The molecule has 0 aromatic heterocycles. The van der Waals surface area contributed by atoms with Gasteiger partial charge in [0.05, 0.1) is 6.61 Å². The van der Waals surface area contributed by atoms with Crippen LogP contribution >= 0.6 is 0 Å². The van der Waals surface area contributed by atoms with Crippen molar-refractivity contribution in [1.82, 2.24) is 4.90 Å². The van der Waals surface area contributed by atoms with Gasteiger partial charge in [0, 0.05) is 20.2 Å². The molecule has 124 valence electrons. The minimum Gasteiger partial charge on any atom is -0.444 e. The van der Waals surface area contributed by atoms with E-state index in [1.165, 1.54) is 12.0 Å². The lowest BCUT2D eigenvalue weighted by atomic mass is 10.1. The zero-order chi connectivity index (χ0) is 16.4. The number of methoxy groups -OCH3 is 1. The maximum atomic E-state index is 11.5. The van der Waals surface area contributed by atoms with E-state index in [-0.39, 0.29) is 11.7 Å². The van der Waals surface area contributed by atoms with Crippen molar-refractivity contribution >= 4 is 6.09 Å². The van der Waals surface area contributed by atoms with E-state index < -0.39 is 0 Å². The molecule has 0 unspecified atom stereocenters. The molecule has 1 aromatic carbocycles. The predicted octanol–water partition coefficient (Wildman–Crippen LogP) is 4.24. The Morgan fingerprint density at radius 3 is 2.18 bits per heavy atom. The smallest absolute Gasteiger partial charge is 0.410 e. The largest absolute Gasteiger partial charge is 0.444 e. The third kappa shape index (κ3) is 8.03. The quantitative estimate of drug-likeness (QED) is 0.820. The van der Waals surface area contributed by atoms with Crippen LogP contribution in [0.25, 0.3) is 0 Å². The first-order chi connectivity index (χ1) is 10.4. The van der Waals surface area contributed by atoms with E-state index in [0.29, 0.717) is 6.61 Å². The van der Waals surface area contributed by atoms with Crippen LogP contribution in [0, 0.1) is 0 Å². The maximum absolute atomic E-state index is 11.5. The third-order valence-electron chi connectivity index (χ3n) is 3.16. The van der Waals surface area contributed by atoms with Crippen molar-refractivity contribution in [2.24, 2.45) is 0 Å². The molecule has 0 spiro atoms. The predicted molar refractivity (Wildman–Crippen MR) is 88.8 cm³/mol. The summed E-state index contributed by atoms with van der Waals surface area (Å²) in [4.78, 5) is 13.3. The first-order valence-corrected chi connectivity index (χ1v) is 7.93. The summed E-state index contributed by atoms with van der Waals surface area (Å²) >= 11 is 0. The van der Waals surface area contributed by atoms with E-state index in [1.807, 2.05) is 51.1 Å². The van der Waals surface area contributed by atoms with E-state index in [0.717, 1.165) is 25.9 Å². The Bertz CT molecular complexity index is 420. The molecule has 0 saturated carbocycles. The highest BCUT2D eigenvalue weighted by Gasteiger charge is 2.22. The molecule has 0 atom stereocenters. The summed E-state index contributed by atoms with van der Waals surface area (Å²) < 4.78 is 10.2. The molecule has 0 bridgehead atoms. The summed E-state index contributed by atoms with van der Waals surface area (Å²) in [6.07, 6.45) is 3.30. The lowest BCUT2D eigenvalue weighted by Crippen LogP contribution is -2.39. The molecule has 22 heavy (non-hydrogen) atoms. The zero-order valence-electron chi connectivity index (χ0n) is 14.3. The summed E-state index contributed by atoms with van der Waals surface area (Å²) in [6.45, 7) is 8.11. The number of carbonyl (C=O) groups is 1. The van der Waals surface area contributed by atoms with Gasteiger partial charge in [0.25, 0.3) is 0 Å². The van der Waals surface area contributed by atoms with Crippen LogP contribution in [-0.4, -0.2) is 36.8 Å². The van der Waals surface area contributed by atoms with Crippen LogP contribution in [0.4, 0.5) is 4.79 Å². The molecule has 1 saturated heterocycles. The second-order valence-electron chi connectivity index (χ2n) is 6.45. The SMILES string of the molecule is CC(C)(C)OC(=O)N1CCCCC1.COCc1ccccc1. The lowest BCUT2D eigenvalue weighted by Gasteiger charge is -2.29. The minimum atomic E-state index is -0.367. The van der Waals surface area contributed by atoms with Gasteiger partial charge in [-0.1, -0.05) is 30.3 Å². The second kappa shape index (κ2) is 9.46. The van der Waals surface area contributed by atoms with Gasteiger partial charge >= 0.3 is 6.09 Å². The molecule has 0 radical (unpaired) electrons. The number of likely N-dealkylation sites (tertiary alicyclic amines) is 1. The van der Waals surface area contributed by atoms with Crippen molar-refractivity contribution in [2.75, 3.05) is 20.2 Å². The molecule has 1 fully saturated rings. The van der Waals surface area contributed by atoms with Crippen LogP contribution in [0.15, 0.2) is 30.3 Å². The molecular weight excluding hydrogens is 278 g/mol. The van der Waals surface area contributed by atoms with Crippen LogP contribution < -0.4 is 0 Å². The molecule has 2 rings (SSSR count). The zero-order valence-corrected chi connectivity index (χ0v) is 14.3. The van der Waals surface area contributed by atoms with Crippen LogP contribution in [-0.2, 0) is 16.1 Å². The second-order valence-corrected chi connectivity index (χ2v) is 6.45. The normalized spacial score (nSPS) is 14.8. The Balaban J connectivity index is 0.000000235. The van der Waals surface area contributed by atoms with Crippen molar-refractivity contribution in [3.8, 4) is 0 Å². The fourth-order valence-electron chi connectivity index (χ4n) is 2.14. The highest BCUT2D eigenvalue weighted by molar-refractivity contribution is 5.68. The standard InChI is InChI=1S/C10H19NO2.C8H10O/c1-10(2,3)13-9(12)11-7-5-4-6-8-11;1-9-7-8-5-3-2-4-6-8/h4-8H2,1-3H3;2-6H,7H2,1H3. The fraction of sp³-hybridized carbons (Fsp3) is 0.611. The van der Waals surface area contributed by atoms with Crippen molar-refractivity contribution in [3.05, 3.63) is 35.9 Å². The topological polar surface area (TPSA) is 38.8 Å². The number of rotatable bonds is 2. The number of piperidine rings is 1. The number of hydrogen-bond acceptors (Lipinski definition) is 3. The highest BCUT2D eigenvalue weighted by atomic mass is 16.6. The van der Waals surface area contributed by atoms with Gasteiger partial charge in [-0.15, -0.1) is 0 Å². The molecule has 1 amide bonds. The summed E-state index contributed by atoms with van der Waals surface area (Å²) in [5, 5.41) is 0. The monoisotopic (exact) mass is 307 g/mol. The molecule has 1 aliphatic heterocycles. The highest BCUT2D eigenvalue weighted by Crippen LogP contribution is 2.14. The van der Waals surface area contributed by atoms with Crippen LogP contribution in [0.3, 0.4) is 0 Å². The van der Waals surface area contributed by atoms with Crippen molar-refractivity contribution in [2.45, 2.75) is 52.2 Å². The van der Waals surface area contributed by atoms with E-state index in [2.05, 4.69) is 0 Å². The molecule has 1 aliphatic rings. The Morgan fingerprint density at radius 2 is 1.68 bits per heavy atom. The van der Waals surface area contributed by atoms with Crippen LogP contribution in [0.1, 0.15) is 45.6 Å². The van der Waals surface area contributed by atoms with Crippen LogP contribution in [0.5, 0.6) is 0 Å². The summed E-state index contributed by atoms with van der Waals surface area (Å²) in [6, 6.07) is 10.1. The molecule has 1 heterocycles. The van der Waals surface area contributed by atoms with Gasteiger partial charge in [0.2, 0.25) is 0 Å². The van der Waals surface area contributed by atoms with Gasteiger partial charge in [-0.3, -0.25) is 0 Å². The summed E-state index contributed by atoms with van der Waals surface area (Å²) in [5.41, 5.74) is 0.856. The number of carbonyl (C=O) groups excluding carboxylic acids is 1. The Hall–Kier alpha value is -1.55. The third-order valence-corrected chi connectivity index (χ3v) is 3.16. The van der Waals surface area contributed by atoms with Crippen molar-refractivity contribution in [1.29, 1.82) is 0 Å². The first kappa shape index (κ1) is 18.5. The van der Waals surface area contributed by atoms with Gasteiger partial charge in [-0.05, 0) is 45.6 Å². The maximum Gasteiger partial charge on any atom is 0.410 e. The summed E-state index contributed by atoms with van der Waals surface area (Å²) in [7, 11) is 1.70. The molecule has 4 heteroatoms. The van der Waals surface area contributed by atoms with E-state index in [4.69, 9.17) is 9.47 Å². The average molecular weight is 307 g/mol. The van der Waals surface area contributed by atoms with E-state index >= 15 is 0 Å². The van der Waals surface area contributed by atoms with Gasteiger partial charge in [0.1, 0.15) is 5.60 Å². The average Bonchev–Trinajstić information content (AvgIpc) is 2.49. The van der Waals surface area contributed by atoms with Gasteiger partial charge in [0.15, 0.2) is 0 Å². The Labute approximate surface area is 134 Å². The minimum absolute atomic E-state index is 0.160. The van der Waals surface area contributed by atoms with Crippen molar-refractivity contribution in [3.63, 3.8) is 0 Å². The van der Waals surface area contributed by atoms with Gasteiger partial charge in [-0.25, -0.2) is 4.79 Å². The van der Waals surface area contributed by atoms with Crippen LogP contribution in [0.2, 0.25) is 0 Å². The summed E-state index contributed by atoms with van der Waals surface area (Å²) in [5.74, 6) is 0. The van der Waals surface area contributed by atoms with Gasteiger partial charge < -0.3 is 14.4 Å². The first-order valence-electron chi connectivity index (χ1n) is 7.93. The number of nitrogens with zero attached hydrogens (tertiary/aromatic N) is 1. The molecular formula is C18H29NO3. The molecule has 0 N–H and O–H groups in total. The lowest BCUT2D eigenvalue weighted by molar-refractivity contribution is 0.0216. The molecule has 1 aromatic rings. The van der Waals surface area contributed by atoms with E-state index in [1.54, 1.807) is 12.0 Å². The number of amides is 1.